The molecule has 1 unspecified atom stereocenters. The van der Waals surface area contributed by atoms with Gasteiger partial charge in [0.1, 0.15) is 17.9 Å². The fraction of sp³-hybridized carbons (Fsp3) is 0.261. The number of hydrogen-bond acceptors (Lipinski definition) is 5. The highest BCUT2D eigenvalue weighted by Gasteiger charge is 2.28. The monoisotopic (exact) mass is 388 g/mol. The summed E-state index contributed by atoms with van der Waals surface area (Å²) in [7, 11) is 0. The molecule has 1 aromatic heterocycles. The zero-order chi connectivity index (χ0) is 20.1. The molecule has 6 heteroatoms. The summed E-state index contributed by atoms with van der Waals surface area (Å²) in [5.41, 5.74) is 1.05. The molecule has 0 N–H and O–H groups in total. The first kappa shape index (κ1) is 18.9. The summed E-state index contributed by atoms with van der Waals surface area (Å²) in [6.45, 7) is 4.21. The Bertz CT molecular complexity index is 949. The molecule has 1 amide bonds. The normalized spacial score (nSPS) is 16.5. The van der Waals surface area contributed by atoms with Crippen LogP contribution in [-0.4, -0.2) is 46.5 Å². The second-order valence-corrected chi connectivity index (χ2v) is 7.17. The van der Waals surface area contributed by atoms with Gasteiger partial charge in [-0.1, -0.05) is 48.5 Å². The van der Waals surface area contributed by atoms with Gasteiger partial charge >= 0.3 is 0 Å². The van der Waals surface area contributed by atoms with Crippen molar-refractivity contribution in [1.82, 2.24) is 14.9 Å². The molecule has 4 rings (SSSR count). The predicted molar refractivity (Wildman–Crippen MR) is 112 cm³/mol. The molecule has 3 aromatic rings. The number of piperazine rings is 1. The maximum Gasteiger partial charge on any atom is 0.227 e. The molecule has 29 heavy (non-hydrogen) atoms. The number of aromatic nitrogens is 2. The van der Waals surface area contributed by atoms with Crippen molar-refractivity contribution in [2.24, 2.45) is 0 Å². The van der Waals surface area contributed by atoms with E-state index >= 15 is 0 Å². The molecule has 1 saturated heterocycles. The Kier molecular flexibility index (Phi) is 5.70. The minimum absolute atomic E-state index is 0.105. The van der Waals surface area contributed by atoms with Crippen LogP contribution < -0.4 is 9.64 Å². The van der Waals surface area contributed by atoms with Crippen LogP contribution in [0.15, 0.2) is 73.1 Å². The molecule has 1 aliphatic rings. The Morgan fingerprint density at radius 1 is 1.03 bits per heavy atom. The minimum Gasteiger partial charge on any atom is -0.439 e. The predicted octanol–water partition coefficient (Wildman–Crippen LogP) is 3.55. The molecule has 148 valence electrons. The summed E-state index contributed by atoms with van der Waals surface area (Å²) < 4.78 is 5.82. The Labute approximate surface area is 170 Å². The number of carbonyl (C=O) groups excluding carboxylic acids is 1. The third-order valence-corrected chi connectivity index (χ3v) is 5.06. The highest BCUT2D eigenvalue weighted by Crippen LogP contribution is 2.24. The van der Waals surface area contributed by atoms with Gasteiger partial charge in [-0.15, -0.1) is 0 Å². The highest BCUT2D eigenvalue weighted by atomic mass is 16.5. The maximum atomic E-state index is 12.7. The lowest BCUT2D eigenvalue weighted by Crippen LogP contribution is -2.54. The second-order valence-electron chi connectivity index (χ2n) is 7.17. The van der Waals surface area contributed by atoms with Crippen molar-refractivity contribution >= 4 is 11.7 Å². The molecule has 1 aliphatic heterocycles. The van der Waals surface area contributed by atoms with Crippen LogP contribution >= 0.6 is 0 Å². The number of para-hydroxylation sites is 1. The van der Waals surface area contributed by atoms with E-state index in [4.69, 9.17) is 4.74 Å². The van der Waals surface area contributed by atoms with Crippen molar-refractivity contribution in [3.63, 3.8) is 0 Å². The van der Waals surface area contributed by atoms with Crippen LogP contribution in [0.4, 0.5) is 5.82 Å². The van der Waals surface area contributed by atoms with Crippen molar-refractivity contribution in [2.75, 3.05) is 24.5 Å². The SMILES string of the molecule is CC1CN(c2cc(Oc3ccccc3)ncn2)CCN1C(=O)Cc1ccccc1. The molecule has 0 bridgehead atoms. The summed E-state index contributed by atoms with van der Waals surface area (Å²) in [4.78, 5) is 25.5. The lowest BCUT2D eigenvalue weighted by molar-refractivity contribution is -0.132. The standard InChI is InChI=1S/C23H24N4O2/c1-18-16-26(12-13-27(18)23(28)14-19-8-4-2-5-9-19)21-15-22(25-17-24-21)29-20-10-6-3-7-11-20/h2-11,15,17-18H,12-14,16H2,1H3. The molecule has 2 heterocycles. The molecule has 0 spiro atoms. The number of amides is 1. The molecule has 6 nitrogen and oxygen atoms in total. The summed E-state index contributed by atoms with van der Waals surface area (Å²) in [6.07, 6.45) is 1.96. The molecule has 1 atom stereocenters. The van der Waals surface area contributed by atoms with E-state index in [1.54, 1.807) is 0 Å². The lowest BCUT2D eigenvalue weighted by atomic mass is 10.1. The maximum absolute atomic E-state index is 12.7. The number of nitrogens with zero attached hydrogens (tertiary/aromatic N) is 4. The van der Waals surface area contributed by atoms with Gasteiger partial charge in [0.15, 0.2) is 0 Å². The summed E-state index contributed by atoms with van der Waals surface area (Å²) in [5, 5.41) is 0. The Hall–Kier alpha value is -3.41. The smallest absolute Gasteiger partial charge is 0.227 e. The van der Waals surface area contributed by atoms with Crippen LogP contribution in [0.1, 0.15) is 12.5 Å². The minimum atomic E-state index is 0.105. The number of hydrogen-bond donors (Lipinski definition) is 0. The van der Waals surface area contributed by atoms with Crippen LogP contribution in [0.5, 0.6) is 11.6 Å². The van der Waals surface area contributed by atoms with Gasteiger partial charge in [0.05, 0.1) is 6.42 Å². The van der Waals surface area contributed by atoms with Crippen LogP contribution in [0.25, 0.3) is 0 Å². The number of benzene rings is 2. The lowest BCUT2D eigenvalue weighted by Gasteiger charge is -2.40. The zero-order valence-corrected chi connectivity index (χ0v) is 16.4. The second kappa shape index (κ2) is 8.73. The van der Waals surface area contributed by atoms with E-state index in [0.717, 1.165) is 30.2 Å². The third-order valence-electron chi connectivity index (χ3n) is 5.06. The average Bonchev–Trinajstić information content (AvgIpc) is 2.75. The van der Waals surface area contributed by atoms with Crippen molar-refractivity contribution in [2.45, 2.75) is 19.4 Å². The van der Waals surface area contributed by atoms with Crippen LogP contribution in [0, 0.1) is 0 Å². The first-order valence-corrected chi connectivity index (χ1v) is 9.82. The van der Waals surface area contributed by atoms with Gasteiger partial charge < -0.3 is 14.5 Å². The van der Waals surface area contributed by atoms with E-state index in [1.807, 2.05) is 71.6 Å². The van der Waals surface area contributed by atoms with Crippen molar-refractivity contribution < 1.29 is 9.53 Å². The Balaban J connectivity index is 1.39. The van der Waals surface area contributed by atoms with Crippen LogP contribution in [-0.2, 0) is 11.2 Å². The van der Waals surface area contributed by atoms with E-state index in [9.17, 15) is 4.79 Å². The van der Waals surface area contributed by atoms with E-state index in [2.05, 4.69) is 21.8 Å². The molecule has 0 aliphatic carbocycles. The Morgan fingerprint density at radius 2 is 1.76 bits per heavy atom. The van der Waals surface area contributed by atoms with Crippen LogP contribution in [0.3, 0.4) is 0 Å². The first-order valence-electron chi connectivity index (χ1n) is 9.82. The first-order chi connectivity index (χ1) is 14.2. The van der Waals surface area contributed by atoms with Gasteiger partial charge in [0, 0.05) is 31.7 Å². The average molecular weight is 388 g/mol. The molecule has 0 radical (unpaired) electrons. The zero-order valence-electron chi connectivity index (χ0n) is 16.4. The number of rotatable bonds is 5. The highest BCUT2D eigenvalue weighted by molar-refractivity contribution is 5.79. The molecule has 0 saturated carbocycles. The summed E-state index contributed by atoms with van der Waals surface area (Å²) in [6, 6.07) is 21.4. The van der Waals surface area contributed by atoms with E-state index in [1.165, 1.54) is 6.33 Å². The molecule has 1 fully saturated rings. The van der Waals surface area contributed by atoms with Gasteiger partial charge in [-0.3, -0.25) is 4.79 Å². The quantitative estimate of drug-likeness (QED) is 0.669. The molecule has 2 aromatic carbocycles. The summed E-state index contributed by atoms with van der Waals surface area (Å²) >= 11 is 0. The van der Waals surface area contributed by atoms with E-state index in [-0.39, 0.29) is 11.9 Å². The number of anilines is 1. The van der Waals surface area contributed by atoms with E-state index < -0.39 is 0 Å². The molecular weight excluding hydrogens is 364 g/mol. The number of carbonyl (C=O) groups is 1. The topological polar surface area (TPSA) is 58.6 Å². The largest absolute Gasteiger partial charge is 0.439 e. The van der Waals surface area contributed by atoms with Gasteiger partial charge in [0.2, 0.25) is 11.8 Å². The van der Waals surface area contributed by atoms with Crippen molar-refractivity contribution in [3.05, 3.63) is 78.6 Å². The van der Waals surface area contributed by atoms with Gasteiger partial charge in [-0.05, 0) is 24.6 Å². The molecular formula is C23H24N4O2. The van der Waals surface area contributed by atoms with Crippen LogP contribution in [0.2, 0.25) is 0 Å². The fourth-order valence-electron chi connectivity index (χ4n) is 3.58. The fourth-order valence-corrected chi connectivity index (χ4v) is 3.58. The van der Waals surface area contributed by atoms with Gasteiger partial charge in [-0.25, -0.2) is 9.97 Å². The van der Waals surface area contributed by atoms with E-state index in [0.29, 0.717) is 18.8 Å². The number of ether oxygens (including phenoxy) is 1. The van der Waals surface area contributed by atoms with Crippen molar-refractivity contribution in [1.29, 1.82) is 0 Å². The third kappa shape index (κ3) is 4.71. The van der Waals surface area contributed by atoms with Gasteiger partial charge in [-0.2, -0.15) is 0 Å². The summed E-state index contributed by atoms with van der Waals surface area (Å²) in [5.74, 6) is 2.23. The van der Waals surface area contributed by atoms with Crippen molar-refractivity contribution in [3.8, 4) is 11.6 Å². The van der Waals surface area contributed by atoms with Gasteiger partial charge in [0.25, 0.3) is 0 Å². The Morgan fingerprint density at radius 3 is 2.48 bits per heavy atom.